The molecule has 4 aliphatic carbocycles. The molecule has 5 fully saturated rings. The number of rotatable bonds is 4. The van der Waals surface area contributed by atoms with Crippen LogP contribution in [0, 0.1) is 30.1 Å². The Morgan fingerprint density at radius 3 is 2.41 bits per heavy atom. The number of morpholine rings is 1. The zero-order valence-corrected chi connectivity index (χ0v) is 16.2. The monoisotopic (exact) mass is 370 g/mol. The molecule has 5 aliphatic rings. The Morgan fingerprint density at radius 1 is 1.15 bits per heavy atom. The molecule has 0 unspecified atom stereocenters. The minimum absolute atomic E-state index is 0.106. The fourth-order valence-corrected chi connectivity index (χ4v) is 6.38. The lowest BCUT2D eigenvalue weighted by Gasteiger charge is -2.55. The molecule has 146 valence electrons. The maximum absolute atomic E-state index is 13.1. The molecular weight excluding hydrogens is 340 g/mol. The molecule has 0 spiro atoms. The van der Waals surface area contributed by atoms with Crippen molar-refractivity contribution < 1.29 is 9.53 Å². The summed E-state index contributed by atoms with van der Waals surface area (Å²) in [6, 6.07) is 2.02. The molecule has 2 heterocycles. The van der Waals surface area contributed by atoms with Crippen molar-refractivity contribution in [3.8, 4) is 0 Å². The van der Waals surface area contributed by atoms with Crippen LogP contribution in [0.25, 0.3) is 0 Å². The minimum atomic E-state index is -0.106. The Bertz CT molecular complexity index is 694. The third-order valence-corrected chi connectivity index (χ3v) is 7.15. The van der Waals surface area contributed by atoms with E-state index in [1.54, 1.807) is 0 Å². The van der Waals surface area contributed by atoms with E-state index in [2.05, 4.69) is 15.2 Å². The SMILES string of the molecule is Cc1cc(N2CCOCC2)nc(CNC(=O)C23CC4CC(CC(C4)C2)C3)n1. The second-order valence-corrected chi connectivity index (χ2v) is 9.26. The Labute approximate surface area is 161 Å². The summed E-state index contributed by atoms with van der Waals surface area (Å²) in [6.45, 7) is 5.61. The molecule has 0 aromatic carbocycles. The topological polar surface area (TPSA) is 67.3 Å². The van der Waals surface area contributed by atoms with Gasteiger partial charge in [0.1, 0.15) is 11.6 Å². The molecule has 0 radical (unpaired) electrons. The zero-order valence-electron chi connectivity index (χ0n) is 16.2. The van der Waals surface area contributed by atoms with Gasteiger partial charge in [-0.1, -0.05) is 0 Å². The third-order valence-electron chi connectivity index (χ3n) is 7.15. The number of anilines is 1. The minimum Gasteiger partial charge on any atom is -0.378 e. The van der Waals surface area contributed by atoms with Crippen LogP contribution in [0.4, 0.5) is 5.82 Å². The van der Waals surface area contributed by atoms with Crippen molar-refractivity contribution in [2.45, 2.75) is 52.0 Å². The van der Waals surface area contributed by atoms with Gasteiger partial charge in [-0.25, -0.2) is 9.97 Å². The van der Waals surface area contributed by atoms with E-state index >= 15 is 0 Å². The first kappa shape index (κ1) is 17.4. The van der Waals surface area contributed by atoms with Crippen molar-refractivity contribution in [2.24, 2.45) is 23.2 Å². The van der Waals surface area contributed by atoms with E-state index in [0.717, 1.165) is 80.7 Å². The van der Waals surface area contributed by atoms with Crippen LogP contribution in [0.1, 0.15) is 50.0 Å². The van der Waals surface area contributed by atoms with Crippen LogP contribution in [-0.4, -0.2) is 42.2 Å². The molecule has 1 N–H and O–H groups in total. The normalized spacial score (nSPS) is 34.7. The fraction of sp³-hybridized carbons (Fsp3) is 0.762. The number of aromatic nitrogens is 2. The average Bonchev–Trinajstić information content (AvgIpc) is 2.65. The van der Waals surface area contributed by atoms with Gasteiger partial charge in [0.25, 0.3) is 0 Å². The molecule has 4 bridgehead atoms. The highest BCUT2D eigenvalue weighted by molar-refractivity contribution is 5.83. The summed E-state index contributed by atoms with van der Waals surface area (Å²) in [4.78, 5) is 24.7. The summed E-state index contributed by atoms with van der Waals surface area (Å²) in [5.74, 6) is 4.26. The largest absolute Gasteiger partial charge is 0.378 e. The predicted octanol–water partition coefficient (Wildman–Crippen LogP) is 2.45. The molecule has 1 aromatic heterocycles. The predicted molar refractivity (Wildman–Crippen MR) is 102 cm³/mol. The third kappa shape index (κ3) is 3.33. The fourth-order valence-electron chi connectivity index (χ4n) is 6.38. The van der Waals surface area contributed by atoms with E-state index in [9.17, 15) is 4.79 Å². The number of aryl methyl sites for hydroxylation is 1. The molecule has 6 rings (SSSR count). The van der Waals surface area contributed by atoms with Crippen molar-refractivity contribution >= 4 is 11.7 Å². The van der Waals surface area contributed by atoms with Gasteiger partial charge in [0, 0.05) is 30.3 Å². The molecular formula is C21H30N4O2. The van der Waals surface area contributed by atoms with E-state index < -0.39 is 0 Å². The second kappa shape index (κ2) is 6.73. The Kier molecular flexibility index (Phi) is 4.34. The molecule has 0 atom stereocenters. The maximum Gasteiger partial charge on any atom is 0.226 e. The molecule has 6 nitrogen and oxygen atoms in total. The highest BCUT2D eigenvalue weighted by atomic mass is 16.5. The molecule has 1 aliphatic heterocycles. The van der Waals surface area contributed by atoms with Gasteiger partial charge in [-0.2, -0.15) is 0 Å². The van der Waals surface area contributed by atoms with Gasteiger partial charge in [-0.05, 0) is 63.2 Å². The quantitative estimate of drug-likeness (QED) is 0.882. The van der Waals surface area contributed by atoms with E-state index in [4.69, 9.17) is 9.72 Å². The van der Waals surface area contributed by atoms with Gasteiger partial charge in [0.2, 0.25) is 5.91 Å². The number of hydrogen-bond acceptors (Lipinski definition) is 5. The molecule has 6 heteroatoms. The standard InChI is InChI=1S/C21H30N4O2/c1-14-6-19(25-2-4-27-5-3-25)24-18(23-14)13-22-20(26)21-10-15-7-16(11-21)9-17(8-15)12-21/h6,15-17H,2-5,7-13H2,1H3,(H,22,26). The number of ether oxygens (including phenoxy) is 1. The Hall–Kier alpha value is -1.69. The van der Waals surface area contributed by atoms with Crippen molar-refractivity contribution in [3.63, 3.8) is 0 Å². The number of amides is 1. The van der Waals surface area contributed by atoms with Crippen LogP contribution >= 0.6 is 0 Å². The second-order valence-electron chi connectivity index (χ2n) is 9.26. The Balaban J connectivity index is 1.27. The summed E-state index contributed by atoms with van der Waals surface area (Å²) in [7, 11) is 0. The number of nitrogens with zero attached hydrogens (tertiary/aromatic N) is 3. The summed E-state index contributed by atoms with van der Waals surface area (Å²) >= 11 is 0. The Morgan fingerprint density at radius 2 is 1.78 bits per heavy atom. The van der Waals surface area contributed by atoms with Crippen molar-refractivity contribution in [1.82, 2.24) is 15.3 Å². The first-order valence-electron chi connectivity index (χ1n) is 10.6. The smallest absolute Gasteiger partial charge is 0.226 e. The van der Waals surface area contributed by atoms with Crippen LogP contribution in [0.5, 0.6) is 0 Å². The van der Waals surface area contributed by atoms with Gasteiger partial charge in [0.15, 0.2) is 0 Å². The van der Waals surface area contributed by atoms with Crippen molar-refractivity contribution in [1.29, 1.82) is 0 Å². The van der Waals surface area contributed by atoms with Gasteiger partial charge in [-0.15, -0.1) is 0 Å². The van der Waals surface area contributed by atoms with Gasteiger partial charge < -0.3 is 15.0 Å². The number of carbonyl (C=O) groups excluding carboxylic acids is 1. The lowest BCUT2D eigenvalue weighted by molar-refractivity contribution is -0.146. The number of carbonyl (C=O) groups is 1. The molecule has 4 saturated carbocycles. The van der Waals surface area contributed by atoms with E-state index in [1.807, 2.05) is 13.0 Å². The summed E-state index contributed by atoms with van der Waals surface area (Å²) in [5.41, 5.74) is 0.844. The van der Waals surface area contributed by atoms with Crippen LogP contribution in [0.2, 0.25) is 0 Å². The van der Waals surface area contributed by atoms with Gasteiger partial charge >= 0.3 is 0 Å². The average molecular weight is 370 g/mol. The van der Waals surface area contributed by atoms with Crippen molar-refractivity contribution in [2.75, 3.05) is 31.2 Å². The molecule has 1 amide bonds. The van der Waals surface area contributed by atoms with Crippen LogP contribution in [-0.2, 0) is 16.1 Å². The number of nitrogens with one attached hydrogen (secondary N) is 1. The lowest BCUT2D eigenvalue weighted by Crippen LogP contribution is -2.53. The highest BCUT2D eigenvalue weighted by Crippen LogP contribution is 2.60. The summed E-state index contributed by atoms with van der Waals surface area (Å²) < 4.78 is 5.44. The highest BCUT2D eigenvalue weighted by Gasteiger charge is 2.54. The number of hydrogen-bond donors (Lipinski definition) is 1. The summed E-state index contributed by atoms with van der Waals surface area (Å²) in [5, 5.41) is 3.21. The van der Waals surface area contributed by atoms with E-state index in [-0.39, 0.29) is 11.3 Å². The lowest BCUT2D eigenvalue weighted by atomic mass is 9.49. The molecule has 1 saturated heterocycles. The van der Waals surface area contributed by atoms with Crippen LogP contribution < -0.4 is 10.2 Å². The van der Waals surface area contributed by atoms with Crippen molar-refractivity contribution in [3.05, 3.63) is 17.6 Å². The molecule has 27 heavy (non-hydrogen) atoms. The first-order valence-corrected chi connectivity index (χ1v) is 10.6. The van der Waals surface area contributed by atoms with Crippen LogP contribution in [0.15, 0.2) is 6.07 Å². The molecule has 1 aromatic rings. The van der Waals surface area contributed by atoms with Crippen LogP contribution in [0.3, 0.4) is 0 Å². The first-order chi connectivity index (χ1) is 13.1. The van der Waals surface area contributed by atoms with Gasteiger partial charge in [-0.3, -0.25) is 4.79 Å². The van der Waals surface area contributed by atoms with E-state index in [1.165, 1.54) is 19.3 Å². The van der Waals surface area contributed by atoms with Gasteiger partial charge in [0.05, 0.1) is 19.8 Å². The summed E-state index contributed by atoms with van der Waals surface area (Å²) in [6.07, 6.45) is 7.36. The van der Waals surface area contributed by atoms with E-state index in [0.29, 0.717) is 6.54 Å². The maximum atomic E-state index is 13.1. The zero-order chi connectivity index (χ0) is 18.4.